The van der Waals surface area contributed by atoms with E-state index in [2.05, 4.69) is 5.10 Å². The van der Waals surface area contributed by atoms with Crippen molar-refractivity contribution < 1.29 is 14.3 Å². The number of carbonyl (C=O) groups is 2. The maximum Gasteiger partial charge on any atom is 0.337 e. The Morgan fingerprint density at radius 3 is 2.34 bits per heavy atom. The summed E-state index contributed by atoms with van der Waals surface area (Å²) in [6, 6.07) is 17.1. The second kappa shape index (κ2) is 9.19. The van der Waals surface area contributed by atoms with Crippen LogP contribution in [0.1, 0.15) is 44.5 Å². The number of hydrogen-bond acceptors (Lipinski definition) is 4. The topological polar surface area (TPSA) is 64.4 Å². The number of ether oxygens (including phenoxy) is 1. The summed E-state index contributed by atoms with van der Waals surface area (Å²) in [7, 11) is 3.12. The smallest absolute Gasteiger partial charge is 0.337 e. The van der Waals surface area contributed by atoms with Gasteiger partial charge in [0.2, 0.25) is 0 Å². The van der Waals surface area contributed by atoms with Crippen LogP contribution in [-0.2, 0) is 24.2 Å². The fourth-order valence-corrected chi connectivity index (χ4v) is 3.27. The lowest BCUT2D eigenvalue weighted by Crippen LogP contribution is -2.27. The fraction of sp³-hybridized carbons (Fsp3) is 0.261. The van der Waals surface area contributed by atoms with Crippen LogP contribution in [0.25, 0.3) is 0 Å². The normalized spacial score (nSPS) is 10.6. The monoisotopic (exact) mass is 391 g/mol. The van der Waals surface area contributed by atoms with Gasteiger partial charge in [-0.15, -0.1) is 0 Å². The van der Waals surface area contributed by atoms with Crippen molar-refractivity contribution >= 4 is 11.9 Å². The first kappa shape index (κ1) is 20.3. The molecule has 0 saturated carbocycles. The van der Waals surface area contributed by atoms with Gasteiger partial charge in [0.05, 0.1) is 36.7 Å². The molecule has 0 aliphatic rings. The van der Waals surface area contributed by atoms with E-state index >= 15 is 0 Å². The molecular weight excluding hydrogens is 366 g/mol. The van der Waals surface area contributed by atoms with Crippen LogP contribution in [0.3, 0.4) is 0 Å². The van der Waals surface area contributed by atoms with Gasteiger partial charge < -0.3 is 9.64 Å². The Morgan fingerprint density at radius 2 is 1.72 bits per heavy atom. The van der Waals surface area contributed by atoms with Gasteiger partial charge >= 0.3 is 5.97 Å². The molecule has 1 heterocycles. The van der Waals surface area contributed by atoms with Crippen LogP contribution in [0.15, 0.2) is 60.8 Å². The van der Waals surface area contributed by atoms with Crippen LogP contribution < -0.4 is 0 Å². The Morgan fingerprint density at radius 1 is 1.03 bits per heavy atom. The third-order valence-corrected chi connectivity index (χ3v) is 4.83. The van der Waals surface area contributed by atoms with Crippen molar-refractivity contribution in [1.29, 1.82) is 0 Å². The third-order valence-electron chi connectivity index (χ3n) is 4.83. The minimum Gasteiger partial charge on any atom is -0.465 e. The zero-order valence-electron chi connectivity index (χ0n) is 17.0. The molecule has 0 fully saturated rings. The van der Waals surface area contributed by atoms with Crippen LogP contribution in [-0.4, -0.2) is 40.7 Å². The molecule has 6 nitrogen and oxygen atoms in total. The molecule has 3 rings (SSSR count). The summed E-state index contributed by atoms with van der Waals surface area (Å²) in [6.45, 7) is 3.10. The quantitative estimate of drug-likeness (QED) is 0.578. The Kier molecular flexibility index (Phi) is 6.44. The first-order valence-electron chi connectivity index (χ1n) is 9.54. The molecule has 0 atom stereocenters. The predicted molar refractivity (Wildman–Crippen MR) is 111 cm³/mol. The highest BCUT2D eigenvalue weighted by atomic mass is 16.5. The molecule has 0 radical (unpaired) electrons. The number of esters is 1. The molecule has 0 bridgehead atoms. The van der Waals surface area contributed by atoms with Crippen LogP contribution in [0.5, 0.6) is 0 Å². The molecule has 6 heteroatoms. The van der Waals surface area contributed by atoms with Gasteiger partial charge in [0.15, 0.2) is 0 Å². The molecule has 0 unspecified atom stereocenters. The molecular formula is C23H25N3O3. The molecule has 1 aromatic heterocycles. The number of benzene rings is 2. The van der Waals surface area contributed by atoms with Gasteiger partial charge in [0, 0.05) is 13.6 Å². The fourth-order valence-electron chi connectivity index (χ4n) is 3.27. The number of aromatic nitrogens is 2. The van der Waals surface area contributed by atoms with Gasteiger partial charge in [0.25, 0.3) is 5.91 Å². The molecule has 0 aliphatic carbocycles. The van der Waals surface area contributed by atoms with E-state index in [1.54, 1.807) is 30.3 Å². The molecule has 3 aromatic rings. The van der Waals surface area contributed by atoms with Crippen molar-refractivity contribution in [1.82, 2.24) is 14.7 Å². The standard InChI is InChI=1S/C23H25N3O3/c1-4-21-20(14-24-26(21)16-17-8-6-5-7-9-17)22(27)25(2)15-18-10-12-19(13-11-18)23(28)29-3/h5-14H,4,15-16H2,1-3H3. The number of nitrogens with zero attached hydrogens (tertiary/aromatic N) is 3. The average molecular weight is 391 g/mol. The second-order valence-electron chi connectivity index (χ2n) is 6.85. The van der Waals surface area contributed by atoms with Crippen molar-refractivity contribution in [3.8, 4) is 0 Å². The number of carbonyl (C=O) groups excluding carboxylic acids is 2. The van der Waals surface area contributed by atoms with E-state index < -0.39 is 0 Å². The number of amides is 1. The summed E-state index contributed by atoms with van der Waals surface area (Å²) in [5.41, 5.74) is 4.11. The van der Waals surface area contributed by atoms with Crippen LogP contribution in [0.2, 0.25) is 0 Å². The summed E-state index contributed by atoms with van der Waals surface area (Å²) in [4.78, 5) is 26.2. The van der Waals surface area contributed by atoms with E-state index in [9.17, 15) is 9.59 Å². The van der Waals surface area contributed by atoms with E-state index in [1.807, 2.05) is 54.1 Å². The Labute approximate surface area is 170 Å². The zero-order chi connectivity index (χ0) is 20.8. The lowest BCUT2D eigenvalue weighted by molar-refractivity contribution is 0.0600. The van der Waals surface area contributed by atoms with Gasteiger partial charge in [-0.3, -0.25) is 9.48 Å². The van der Waals surface area contributed by atoms with Gasteiger partial charge in [-0.05, 0) is 29.7 Å². The van der Waals surface area contributed by atoms with Crippen molar-refractivity contribution in [2.45, 2.75) is 26.4 Å². The predicted octanol–water partition coefficient (Wildman–Crippen LogP) is 3.55. The summed E-state index contributed by atoms with van der Waals surface area (Å²) in [6.07, 6.45) is 2.37. The number of methoxy groups -OCH3 is 1. The largest absolute Gasteiger partial charge is 0.465 e. The lowest BCUT2D eigenvalue weighted by atomic mass is 10.1. The minimum atomic E-state index is -0.376. The maximum atomic E-state index is 13.0. The van der Waals surface area contributed by atoms with E-state index in [-0.39, 0.29) is 11.9 Å². The lowest BCUT2D eigenvalue weighted by Gasteiger charge is -2.18. The van der Waals surface area contributed by atoms with Crippen molar-refractivity contribution in [3.63, 3.8) is 0 Å². The Hall–Kier alpha value is -3.41. The number of hydrogen-bond donors (Lipinski definition) is 0. The summed E-state index contributed by atoms with van der Waals surface area (Å²) in [5, 5.41) is 4.45. The summed E-state index contributed by atoms with van der Waals surface area (Å²) >= 11 is 0. The van der Waals surface area contributed by atoms with Gasteiger partial charge in [-0.2, -0.15) is 5.10 Å². The highest BCUT2D eigenvalue weighted by Crippen LogP contribution is 2.16. The van der Waals surface area contributed by atoms with E-state index in [4.69, 9.17) is 4.74 Å². The Bertz CT molecular complexity index is 978. The average Bonchev–Trinajstić information content (AvgIpc) is 3.16. The molecule has 0 saturated heterocycles. The van der Waals surface area contributed by atoms with Gasteiger partial charge in [-0.25, -0.2) is 4.79 Å². The van der Waals surface area contributed by atoms with Gasteiger partial charge in [0.1, 0.15) is 0 Å². The molecule has 2 aromatic carbocycles. The minimum absolute atomic E-state index is 0.0711. The van der Waals surface area contributed by atoms with Crippen LogP contribution in [0, 0.1) is 0 Å². The van der Waals surface area contributed by atoms with Crippen molar-refractivity contribution in [2.75, 3.05) is 14.2 Å². The molecule has 1 amide bonds. The summed E-state index contributed by atoms with van der Waals surface area (Å²) in [5.74, 6) is -0.447. The maximum absolute atomic E-state index is 13.0. The molecule has 150 valence electrons. The molecule has 0 N–H and O–H groups in total. The first-order valence-corrected chi connectivity index (χ1v) is 9.54. The highest BCUT2D eigenvalue weighted by Gasteiger charge is 2.20. The molecule has 0 aliphatic heterocycles. The third kappa shape index (κ3) is 4.71. The first-order chi connectivity index (χ1) is 14.0. The molecule has 29 heavy (non-hydrogen) atoms. The van der Waals surface area contributed by atoms with Crippen LogP contribution >= 0.6 is 0 Å². The van der Waals surface area contributed by atoms with Gasteiger partial charge in [-0.1, -0.05) is 49.4 Å². The Balaban J connectivity index is 1.73. The zero-order valence-corrected chi connectivity index (χ0v) is 17.0. The van der Waals surface area contributed by atoms with Crippen molar-refractivity contribution in [2.24, 2.45) is 0 Å². The van der Waals surface area contributed by atoms with E-state index in [0.29, 0.717) is 24.2 Å². The van der Waals surface area contributed by atoms with Crippen LogP contribution in [0.4, 0.5) is 0 Å². The van der Waals surface area contributed by atoms with E-state index in [0.717, 1.165) is 23.2 Å². The van der Waals surface area contributed by atoms with E-state index in [1.165, 1.54) is 7.11 Å². The molecule has 0 spiro atoms. The van der Waals surface area contributed by atoms with Crippen molar-refractivity contribution in [3.05, 3.63) is 88.7 Å². The second-order valence-corrected chi connectivity index (χ2v) is 6.85. The summed E-state index contributed by atoms with van der Waals surface area (Å²) < 4.78 is 6.60. The highest BCUT2D eigenvalue weighted by molar-refractivity contribution is 5.95. The number of rotatable bonds is 7. The SMILES string of the molecule is CCc1c(C(=O)N(C)Cc2ccc(C(=O)OC)cc2)cnn1Cc1ccccc1.